The third-order valence-electron chi connectivity index (χ3n) is 7.97. The number of aliphatic hydroxyl groups is 1. The van der Waals surface area contributed by atoms with Crippen molar-refractivity contribution in [3.8, 4) is 0 Å². The van der Waals surface area contributed by atoms with E-state index in [-0.39, 0.29) is 30.1 Å². The van der Waals surface area contributed by atoms with Crippen molar-refractivity contribution in [1.29, 1.82) is 0 Å². The second-order valence-corrected chi connectivity index (χ2v) is 11.8. The molecular formula is C27H50O5. The van der Waals surface area contributed by atoms with Crippen LogP contribution in [0.25, 0.3) is 0 Å². The maximum absolute atomic E-state index is 11.8. The van der Waals surface area contributed by atoms with E-state index >= 15 is 0 Å². The van der Waals surface area contributed by atoms with Crippen molar-refractivity contribution in [2.24, 2.45) is 16.7 Å². The zero-order chi connectivity index (χ0) is 23.8. The average molecular weight is 455 g/mol. The predicted octanol–water partition coefficient (Wildman–Crippen LogP) is 6.36. The summed E-state index contributed by atoms with van der Waals surface area (Å²) in [6.07, 6.45) is 15.3. The van der Waals surface area contributed by atoms with Gasteiger partial charge >= 0.3 is 5.97 Å². The molecule has 0 saturated carbocycles. The van der Waals surface area contributed by atoms with Gasteiger partial charge in [0.15, 0.2) is 0 Å². The predicted molar refractivity (Wildman–Crippen MR) is 129 cm³/mol. The molecule has 0 aromatic heterocycles. The van der Waals surface area contributed by atoms with E-state index in [1.807, 2.05) is 13.8 Å². The lowest BCUT2D eigenvalue weighted by Gasteiger charge is -2.34. The third-order valence-corrected chi connectivity index (χ3v) is 7.97. The monoisotopic (exact) mass is 454 g/mol. The van der Waals surface area contributed by atoms with Gasteiger partial charge in [-0.2, -0.15) is 0 Å². The molecule has 0 radical (unpaired) electrons. The summed E-state index contributed by atoms with van der Waals surface area (Å²) in [7, 11) is 0. The quantitative estimate of drug-likeness (QED) is 0.282. The van der Waals surface area contributed by atoms with Crippen LogP contribution < -0.4 is 0 Å². The Morgan fingerprint density at radius 2 is 1.47 bits per heavy atom. The summed E-state index contributed by atoms with van der Waals surface area (Å²) in [5.41, 5.74) is -0.698. The zero-order valence-corrected chi connectivity index (χ0v) is 21.4. The van der Waals surface area contributed by atoms with E-state index in [2.05, 4.69) is 20.8 Å². The standard InChI is InChI=1S/C27H50O5/c1-6-10-23(27(4,5)25(29)30)24-17-16-22(32-24)13-9-12-21-15-14-20(31-21)11-7-8-18-26(2,3)19-28/h20-24,28H,6-19H2,1-5H3,(H,29,30). The summed E-state index contributed by atoms with van der Waals surface area (Å²) < 4.78 is 12.7. The van der Waals surface area contributed by atoms with Crippen LogP contribution in [-0.4, -0.2) is 47.2 Å². The van der Waals surface area contributed by atoms with E-state index in [0.29, 0.717) is 12.2 Å². The largest absolute Gasteiger partial charge is 0.481 e. The minimum atomic E-state index is -0.740. The van der Waals surface area contributed by atoms with Crippen molar-refractivity contribution >= 4 is 5.97 Å². The number of aliphatic hydroxyl groups excluding tert-OH is 1. The molecule has 0 aromatic rings. The number of unbranched alkanes of at least 4 members (excludes halogenated alkanes) is 1. The first-order valence-corrected chi connectivity index (χ1v) is 13.2. The van der Waals surface area contributed by atoms with Gasteiger partial charge in [0.2, 0.25) is 0 Å². The zero-order valence-electron chi connectivity index (χ0n) is 21.4. The molecule has 188 valence electrons. The lowest BCUT2D eigenvalue weighted by atomic mass is 9.73. The van der Waals surface area contributed by atoms with E-state index in [9.17, 15) is 15.0 Å². The molecule has 0 amide bonds. The van der Waals surface area contributed by atoms with Crippen molar-refractivity contribution in [1.82, 2.24) is 0 Å². The van der Waals surface area contributed by atoms with Gasteiger partial charge in [0.1, 0.15) is 0 Å². The number of carbonyl (C=O) groups is 1. The number of carboxylic acid groups (broad SMARTS) is 1. The second kappa shape index (κ2) is 12.7. The Balaban J connectivity index is 1.64. The minimum Gasteiger partial charge on any atom is -0.481 e. The Kier molecular flexibility index (Phi) is 11.0. The first-order valence-electron chi connectivity index (χ1n) is 13.2. The topological polar surface area (TPSA) is 76.0 Å². The first-order chi connectivity index (χ1) is 15.1. The fourth-order valence-corrected chi connectivity index (χ4v) is 5.56. The van der Waals surface area contributed by atoms with Crippen LogP contribution in [0.15, 0.2) is 0 Å². The van der Waals surface area contributed by atoms with Crippen LogP contribution in [0.2, 0.25) is 0 Å². The van der Waals surface area contributed by atoms with Crippen LogP contribution in [0.5, 0.6) is 0 Å². The fraction of sp³-hybridized carbons (Fsp3) is 0.963. The third kappa shape index (κ3) is 8.29. The summed E-state index contributed by atoms with van der Waals surface area (Å²) in [5.74, 6) is -0.634. The lowest BCUT2D eigenvalue weighted by Crippen LogP contribution is -2.40. The smallest absolute Gasteiger partial charge is 0.309 e. The van der Waals surface area contributed by atoms with Gasteiger partial charge in [0.25, 0.3) is 0 Å². The van der Waals surface area contributed by atoms with Gasteiger partial charge in [-0.25, -0.2) is 0 Å². The Morgan fingerprint density at radius 3 is 2.03 bits per heavy atom. The maximum atomic E-state index is 11.8. The molecule has 2 rings (SSSR count). The maximum Gasteiger partial charge on any atom is 0.309 e. The molecule has 2 heterocycles. The highest BCUT2D eigenvalue weighted by Gasteiger charge is 2.44. The van der Waals surface area contributed by atoms with Crippen LogP contribution in [0, 0.1) is 16.7 Å². The normalized spacial score (nSPS) is 27.7. The first kappa shape index (κ1) is 27.6. The van der Waals surface area contributed by atoms with Gasteiger partial charge in [-0.1, -0.05) is 40.0 Å². The van der Waals surface area contributed by atoms with Crippen molar-refractivity contribution in [2.45, 2.75) is 143 Å². The van der Waals surface area contributed by atoms with Crippen LogP contribution in [-0.2, 0) is 14.3 Å². The molecule has 5 unspecified atom stereocenters. The summed E-state index contributed by atoms with van der Waals surface area (Å²) in [4.78, 5) is 11.8. The van der Waals surface area contributed by atoms with Gasteiger partial charge in [0.05, 0.1) is 29.8 Å². The lowest BCUT2D eigenvalue weighted by molar-refractivity contribution is -0.154. The Morgan fingerprint density at radius 1 is 0.906 bits per heavy atom. The molecule has 2 aliphatic rings. The van der Waals surface area contributed by atoms with Gasteiger partial charge in [0, 0.05) is 12.5 Å². The molecule has 32 heavy (non-hydrogen) atoms. The van der Waals surface area contributed by atoms with E-state index in [0.717, 1.165) is 64.2 Å². The summed E-state index contributed by atoms with van der Waals surface area (Å²) in [5, 5.41) is 19.1. The number of aliphatic carboxylic acids is 1. The molecule has 0 bridgehead atoms. The number of hydrogen-bond acceptors (Lipinski definition) is 4. The average Bonchev–Trinajstić information content (AvgIpc) is 3.39. The molecular weight excluding hydrogens is 404 g/mol. The Hall–Kier alpha value is -0.650. The molecule has 0 aliphatic carbocycles. The van der Waals surface area contributed by atoms with Crippen molar-refractivity contribution < 1.29 is 24.5 Å². The molecule has 2 fully saturated rings. The summed E-state index contributed by atoms with van der Waals surface area (Å²) in [6.45, 7) is 10.4. The fourth-order valence-electron chi connectivity index (χ4n) is 5.56. The van der Waals surface area contributed by atoms with Crippen LogP contribution in [0.4, 0.5) is 0 Å². The number of ether oxygens (including phenoxy) is 2. The molecule has 5 heteroatoms. The molecule has 2 N–H and O–H groups in total. The van der Waals surface area contributed by atoms with Crippen LogP contribution in [0.1, 0.15) is 118 Å². The molecule has 5 nitrogen and oxygen atoms in total. The number of carboxylic acids is 1. The van der Waals surface area contributed by atoms with Gasteiger partial charge < -0.3 is 19.7 Å². The van der Waals surface area contributed by atoms with Gasteiger partial charge in [-0.05, 0) is 83.5 Å². The molecule has 5 atom stereocenters. The molecule has 2 saturated heterocycles. The van der Waals surface area contributed by atoms with E-state index < -0.39 is 11.4 Å². The Labute approximate surface area is 196 Å². The number of rotatable bonds is 15. The highest BCUT2D eigenvalue weighted by Crippen LogP contribution is 2.41. The SMILES string of the molecule is CCCC(C1CCC(CCCC2CCC(CCCCC(C)(C)CO)O2)O1)C(C)(C)C(=O)O. The minimum absolute atomic E-state index is 0.0420. The second-order valence-electron chi connectivity index (χ2n) is 11.8. The van der Waals surface area contributed by atoms with E-state index in [1.54, 1.807) is 0 Å². The summed E-state index contributed by atoms with van der Waals surface area (Å²) >= 11 is 0. The molecule has 0 spiro atoms. The van der Waals surface area contributed by atoms with Crippen LogP contribution in [0.3, 0.4) is 0 Å². The van der Waals surface area contributed by atoms with Gasteiger partial charge in [-0.15, -0.1) is 0 Å². The van der Waals surface area contributed by atoms with Gasteiger partial charge in [-0.3, -0.25) is 4.79 Å². The Bertz CT molecular complexity index is 558. The van der Waals surface area contributed by atoms with Crippen molar-refractivity contribution in [3.05, 3.63) is 0 Å². The van der Waals surface area contributed by atoms with Crippen molar-refractivity contribution in [2.75, 3.05) is 6.61 Å². The molecule has 0 aromatic carbocycles. The highest BCUT2D eigenvalue weighted by atomic mass is 16.5. The summed E-state index contributed by atoms with van der Waals surface area (Å²) in [6, 6.07) is 0. The highest BCUT2D eigenvalue weighted by molar-refractivity contribution is 5.74. The van der Waals surface area contributed by atoms with Crippen molar-refractivity contribution in [3.63, 3.8) is 0 Å². The van der Waals surface area contributed by atoms with E-state index in [1.165, 1.54) is 19.3 Å². The van der Waals surface area contributed by atoms with E-state index in [4.69, 9.17) is 9.47 Å². The number of hydrogen-bond donors (Lipinski definition) is 2. The van der Waals surface area contributed by atoms with Crippen LogP contribution >= 0.6 is 0 Å². The molecule has 2 aliphatic heterocycles.